The Morgan fingerprint density at radius 2 is 1.82 bits per heavy atom. The van der Waals surface area contributed by atoms with Crippen molar-refractivity contribution in [2.75, 3.05) is 6.54 Å². The fourth-order valence-electron chi connectivity index (χ4n) is 1.67. The molecule has 17 heavy (non-hydrogen) atoms. The number of aliphatic imine (C=N–C) groups is 1. The van der Waals surface area contributed by atoms with Crippen molar-refractivity contribution in [3.05, 3.63) is 35.4 Å². The molecule has 1 aromatic carbocycles. The van der Waals surface area contributed by atoms with Crippen molar-refractivity contribution in [2.24, 2.45) is 10.4 Å². The van der Waals surface area contributed by atoms with Gasteiger partial charge in [-0.1, -0.05) is 26.8 Å². The van der Waals surface area contributed by atoms with E-state index in [1.807, 2.05) is 20.8 Å². The Bertz CT molecular complexity index is 443. The summed E-state index contributed by atoms with van der Waals surface area (Å²) >= 11 is 0. The molecule has 0 aliphatic carbocycles. The fourth-order valence-corrected chi connectivity index (χ4v) is 1.67. The van der Waals surface area contributed by atoms with Crippen LogP contribution in [0.4, 0.5) is 8.78 Å². The molecule has 0 fully saturated rings. The van der Waals surface area contributed by atoms with Crippen LogP contribution < -0.4 is 0 Å². The van der Waals surface area contributed by atoms with Crippen molar-refractivity contribution in [1.29, 1.82) is 0 Å². The maximum atomic E-state index is 13.5. The van der Waals surface area contributed by atoms with E-state index in [0.29, 0.717) is 6.54 Å². The maximum Gasteiger partial charge on any atom is 0.222 e. The van der Waals surface area contributed by atoms with Gasteiger partial charge in [0.15, 0.2) is 0 Å². The number of hydrogen-bond donors (Lipinski definition) is 0. The number of ether oxygens (including phenoxy) is 1. The van der Waals surface area contributed by atoms with E-state index in [1.54, 1.807) is 0 Å². The van der Waals surface area contributed by atoms with E-state index in [-0.39, 0.29) is 23.0 Å². The van der Waals surface area contributed by atoms with Gasteiger partial charge in [0.1, 0.15) is 23.3 Å². The van der Waals surface area contributed by atoms with Crippen molar-refractivity contribution in [3.8, 4) is 0 Å². The molecule has 0 aromatic heterocycles. The van der Waals surface area contributed by atoms with Gasteiger partial charge in [-0.2, -0.15) is 0 Å². The van der Waals surface area contributed by atoms with Gasteiger partial charge in [-0.05, 0) is 12.1 Å². The van der Waals surface area contributed by atoms with Crippen LogP contribution in [0.1, 0.15) is 26.3 Å². The summed E-state index contributed by atoms with van der Waals surface area (Å²) in [6, 6.07) is 3.73. The van der Waals surface area contributed by atoms with Gasteiger partial charge in [0, 0.05) is 5.41 Å². The second kappa shape index (κ2) is 4.09. The molecule has 92 valence electrons. The Kier molecular flexibility index (Phi) is 2.89. The summed E-state index contributed by atoms with van der Waals surface area (Å²) in [4.78, 5) is 4.09. The highest BCUT2D eigenvalue weighted by Crippen LogP contribution is 2.28. The van der Waals surface area contributed by atoms with Crippen LogP contribution in [-0.4, -0.2) is 18.5 Å². The number of benzene rings is 1. The molecule has 0 amide bonds. The number of halogens is 2. The summed E-state index contributed by atoms with van der Waals surface area (Å²) in [7, 11) is 0. The summed E-state index contributed by atoms with van der Waals surface area (Å²) in [5.74, 6) is -1.21. The van der Waals surface area contributed by atoms with Crippen molar-refractivity contribution in [3.63, 3.8) is 0 Å². The molecule has 0 saturated heterocycles. The molecule has 0 N–H and O–H groups in total. The largest absolute Gasteiger partial charge is 0.471 e. The molecule has 1 unspecified atom stereocenters. The molecule has 1 aromatic rings. The molecule has 1 heterocycles. The maximum absolute atomic E-state index is 13.5. The zero-order chi connectivity index (χ0) is 12.6. The second-order valence-corrected chi connectivity index (χ2v) is 5.22. The second-order valence-electron chi connectivity index (χ2n) is 5.22. The summed E-state index contributed by atoms with van der Waals surface area (Å²) in [6.45, 7) is 6.46. The topological polar surface area (TPSA) is 21.6 Å². The third-order valence-corrected chi connectivity index (χ3v) is 2.80. The van der Waals surface area contributed by atoms with Gasteiger partial charge in [-0.15, -0.1) is 0 Å². The lowest BCUT2D eigenvalue weighted by atomic mass is 9.89. The SMILES string of the molecule is CC(C)(C)C1CN=C(c2c(F)cccc2F)O1. The van der Waals surface area contributed by atoms with E-state index in [0.717, 1.165) is 0 Å². The molecule has 4 heteroatoms. The lowest BCUT2D eigenvalue weighted by Crippen LogP contribution is -2.30. The molecule has 0 radical (unpaired) electrons. The van der Waals surface area contributed by atoms with E-state index in [4.69, 9.17) is 4.74 Å². The summed E-state index contributed by atoms with van der Waals surface area (Å²) < 4.78 is 32.6. The van der Waals surface area contributed by atoms with Gasteiger partial charge in [0.25, 0.3) is 0 Å². The zero-order valence-electron chi connectivity index (χ0n) is 10.1. The van der Waals surface area contributed by atoms with Crippen LogP contribution in [0.15, 0.2) is 23.2 Å². The first-order chi connectivity index (χ1) is 7.89. The minimum atomic E-state index is -0.640. The predicted molar refractivity (Wildman–Crippen MR) is 62.1 cm³/mol. The summed E-state index contributed by atoms with van der Waals surface area (Å²) in [5.41, 5.74) is -0.272. The van der Waals surface area contributed by atoms with Crippen LogP contribution >= 0.6 is 0 Å². The minimum Gasteiger partial charge on any atom is -0.471 e. The van der Waals surface area contributed by atoms with E-state index in [1.165, 1.54) is 18.2 Å². The van der Waals surface area contributed by atoms with Crippen LogP contribution in [0.2, 0.25) is 0 Å². The highest BCUT2D eigenvalue weighted by Gasteiger charge is 2.33. The average Bonchev–Trinajstić information content (AvgIpc) is 2.65. The lowest BCUT2D eigenvalue weighted by Gasteiger charge is -2.25. The predicted octanol–water partition coefficient (Wildman–Crippen LogP) is 3.16. The summed E-state index contributed by atoms with van der Waals surface area (Å²) in [5, 5.41) is 0. The molecule has 1 aliphatic rings. The van der Waals surface area contributed by atoms with E-state index >= 15 is 0 Å². The summed E-state index contributed by atoms with van der Waals surface area (Å²) in [6.07, 6.45) is -0.142. The zero-order valence-corrected chi connectivity index (χ0v) is 10.1. The highest BCUT2D eigenvalue weighted by molar-refractivity contribution is 5.95. The van der Waals surface area contributed by atoms with Gasteiger partial charge >= 0.3 is 0 Å². The van der Waals surface area contributed by atoms with Gasteiger partial charge < -0.3 is 4.74 Å². The Balaban J connectivity index is 2.27. The average molecular weight is 239 g/mol. The minimum absolute atomic E-state index is 0.0699. The van der Waals surface area contributed by atoms with E-state index in [9.17, 15) is 8.78 Å². The highest BCUT2D eigenvalue weighted by atomic mass is 19.1. The van der Waals surface area contributed by atoms with Crippen LogP contribution in [0.3, 0.4) is 0 Å². The van der Waals surface area contributed by atoms with Crippen LogP contribution in [0, 0.1) is 17.0 Å². The lowest BCUT2D eigenvalue weighted by molar-refractivity contribution is 0.103. The van der Waals surface area contributed by atoms with Crippen molar-refractivity contribution in [2.45, 2.75) is 26.9 Å². The quantitative estimate of drug-likeness (QED) is 0.737. The third kappa shape index (κ3) is 2.30. The van der Waals surface area contributed by atoms with Crippen LogP contribution in [0.25, 0.3) is 0 Å². The van der Waals surface area contributed by atoms with Gasteiger partial charge in [-0.25, -0.2) is 13.8 Å². The molecule has 2 nitrogen and oxygen atoms in total. The van der Waals surface area contributed by atoms with Crippen LogP contribution in [0.5, 0.6) is 0 Å². The van der Waals surface area contributed by atoms with Crippen molar-refractivity contribution in [1.82, 2.24) is 0 Å². The molecule has 0 saturated carbocycles. The third-order valence-electron chi connectivity index (χ3n) is 2.80. The number of rotatable bonds is 1. The van der Waals surface area contributed by atoms with Crippen molar-refractivity contribution < 1.29 is 13.5 Å². The van der Waals surface area contributed by atoms with Gasteiger partial charge in [0.05, 0.1) is 6.54 Å². The molecular formula is C13H15F2NO. The first kappa shape index (κ1) is 12.0. The smallest absolute Gasteiger partial charge is 0.222 e. The normalized spacial score (nSPS) is 20.1. The first-order valence-electron chi connectivity index (χ1n) is 5.55. The van der Waals surface area contributed by atoms with E-state index in [2.05, 4.69) is 4.99 Å². The fraction of sp³-hybridized carbons (Fsp3) is 0.462. The van der Waals surface area contributed by atoms with Gasteiger partial charge in [0.2, 0.25) is 5.90 Å². The monoisotopic (exact) mass is 239 g/mol. The Hall–Kier alpha value is -1.45. The molecule has 1 atom stereocenters. The molecule has 0 bridgehead atoms. The standard InChI is InChI=1S/C13H15F2NO/c1-13(2,3)10-7-16-12(17-10)11-8(14)5-4-6-9(11)15/h4-6,10H,7H2,1-3H3. The Morgan fingerprint density at radius 3 is 2.29 bits per heavy atom. The Labute approximate surface area is 99.3 Å². The molecule has 1 aliphatic heterocycles. The van der Waals surface area contributed by atoms with Crippen molar-refractivity contribution >= 4 is 5.90 Å². The number of hydrogen-bond acceptors (Lipinski definition) is 2. The van der Waals surface area contributed by atoms with Crippen LogP contribution in [-0.2, 0) is 4.74 Å². The molecule has 2 rings (SSSR count). The molecular weight excluding hydrogens is 224 g/mol. The Morgan fingerprint density at radius 1 is 1.24 bits per heavy atom. The number of nitrogens with zero attached hydrogens (tertiary/aromatic N) is 1. The first-order valence-corrected chi connectivity index (χ1v) is 5.55. The van der Waals surface area contributed by atoms with E-state index < -0.39 is 11.6 Å². The molecule has 0 spiro atoms. The van der Waals surface area contributed by atoms with Gasteiger partial charge in [-0.3, -0.25) is 0 Å².